The van der Waals surface area contributed by atoms with Gasteiger partial charge in [-0.3, -0.25) is 9.68 Å². The molecule has 0 aliphatic rings. The zero-order valence-corrected chi connectivity index (χ0v) is 4.87. The van der Waals surface area contributed by atoms with Crippen LogP contribution in [-0.4, -0.2) is 12.0 Å². The van der Waals surface area contributed by atoms with Crippen molar-refractivity contribution in [2.45, 2.75) is 0 Å². The molecule has 0 fully saturated rings. The van der Waals surface area contributed by atoms with Gasteiger partial charge in [-0.25, -0.2) is 10.8 Å². The molecule has 8 heteroatoms. The van der Waals surface area contributed by atoms with E-state index in [0.29, 0.717) is 0 Å². The van der Waals surface area contributed by atoms with E-state index in [1.807, 2.05) is 0 Å². The first-order valence-corrected chi connectivity index (χ1v) is 2.05. The third-order valence-electron chi connectivity index (χ3n) is 0.312. The third-order valence-corrected chi connectivity index (χ3v) is 0.312. The fourth-order valence-electron chi connectivity index (χ4n) is 0.121. The van der Waals surface area contributed by atoms with Crippen LogP contribution in [0.1, 0.15) is 0 Å². The Kier molecular flexibility index (Phi) is 3.31. The topological polar surface area (TPSA) is 143 Å². The van der Waals surface area contributed by atoms with Gasteiger partial charge in [0.15, 0.2) is 0 Å². The molecule has 0 aliphatic heterocycles. The zero-order valence-electron chi connectivity index (χ0n) is 4.87. The summed E-state index contributed by atoms with van der Waals surface area (Å²) in [5.74, 6) is 0. The van der Waals surface area contributed by atoms with Crippen molar-refractivity contribution >= 4 is 12.0 Å². The predicted molar refractivity (Wildman–Crippen MR) is 30.9 cm³/mol. The van der Waals surface area contributed by atoms with Crippen molar-refractivity contribution in [1.82, 2.24) is 0 Å². The van der Waals surface area contributed by atoms with Crippen molar-refractivity contribution in [2.24, 2.45) is 22.0 Å². The fraction of sp³-hybridized carbons (Fsp3) is 0. The molecule has 6 N–H and O–H groups in total. The van der Waals surface area contributed by atoms with E-state index < -0.39 is 12.0 Å². The number of nitrogens with one attached hydrogen (secondary N) is 2. The van der Waals surface area contributed by atoms with Crippen molar-refractivity contribution in [3.05, 3.63) is 0 Å². The molecule has 0 radical (unpaired) electrons. The largest absolute Gasteiger partial charge is 0.352 e. The first-order chi connectivity index (χ1) is 4.63. The maximum Gasteiger partial charge on any atom is 0.311 e. The van der Waals surface area contributed by atoms with Gasteiger partial charge in [-0.15, -0.1) is 0 Å². The Morgan fingerprint density at radius 3 is 1.50 bits per heavy atom. The summed E-state index contributed by atoms with van der Waals surface area (Å²) < 4.78 is 0. The zero-order chi connectivity index (χ0) is 7.98. The summed E-state index contributed by atoms with van der Waals surface area (Å²) in [5, 5.41) is 18.4. The predicted octanol–water partition coefficient (Wildman–Crippen LogP) is -0.911. The molecule has 10 heavy (non-hydrogen) atoms. The van der Waals surface area contributed by atoms with Gasteiger partial charge in [0.1, 0.15) is 0 Å². The monoisotopic (exact) mass is 146 g/mol. The van der Waals surface area contributed by atoms with Gasteiger partial charge in [0.05, 0.1) is 10.6 Å². The van der Waals surface area contributed by atoms with Gasteiger partial charge in [0.25, 0.3) is 0 Å². The van der Waals surface area contributed by atoms with Crippen LogP contribution in [0.3, 0.4) is 0 Å². The lowest BCUT2D eigenvalue weighted by atomic mass is 11.2. The third kappa shape index (κ3) is 6.14. The van der Waals surface area contributed by atoms with E-state index in [0.717, 1.165) is 0 Å². The van der Waals surface area contributed by atoms with E-state index in [9.17, 15) is 0 Å². The maximum atomic E-state index is 6.44. The molecule has 0 bridgehead atoms. The van der Waals surface area contributed by atoms with Crippen LogP contribution in [0, 0.1) is 10.8 Å². The Morgan fingerprint density at radius 1 is 1.00 bits per heavy atom. The molecule has 0 aromatic carbocycles. The minimum Gasteiger partial charge on any atom is -0.352 e. The summed E-state index contributed by atoms with van der Waals surface area (Å²) in [7, 11) is 0. The Morgan fingerprint density at radius 2 is 1.30 bits per heavy atom. The van der Waals surface area contributed by atoms with Gasteiger partial charge in [-0.05, 0) is 0 Å². The molecular formula is C2H6N6O2. The second-order valence-corrected chi connectivity index (χ2v) is 1.07. The van der Waals surface area contributed by atoms with E-state index in [2.05, 4.69) is 31.7 Å². The van der Waals surface area contributed by atoms with Gasteiger partial charge < -0.3 is 11.5 Å². The quantitative estimate of drug-likeness (QED) is 0.173. The number of hydrogen-bond acceptors (Lipinski definition) is 6. The average molecular weight is 146 g/mol. The summed E-state index contributed by atoms with van der Waals surface area (Å²) in [6, 6.07) is -1.26. The lowest BCUT2D eigenvalue weighted by Crippen LogP contribution is -2.12. The molecule has 0 amide bonds. The molecule has 0 saturated heterocycles. The van der Waals surface area contributed by atoms with Gasteiger partial charge in [-0.1, -0.05) is 0 Å². The lowest BCUT2D eigenvalue weighted by molar-refractivity contribution is 0.186. The molecule has 56 valence electrons. The first kappa shape index (κ1) is 8.14. The first-order valence-electron chi connectivity index (χ1n) is 2.05. The fourth-order valence-corrected chi connectivity index (χ4v) is 0.121. The lowest BCUT2D eigenvalue weighted by Gasteiger charge is -1.89. The van der Waals surface area contributed by atoms with Crippen LogP contribution in [-0.2, 0) is 9.68 Å². The van der Waals surface area contributed by atoms with Crippen LogP contribution in [0.15, 0.2) is 10.6 Å². The molecule has 0 aromatic rings. The molecule has 0 spiro atoms. The molecule has 8 nitrogen and oxygen atoms in total. The van der Waals surface area contributed by atoms with Crippen molar-refractivity contribution in [1.29, 1.82) is 10.8 Å². The molecule has 0 heterocycles. The average Bonchev–Trinajstić information content (AvgIpc) is 1.79. The van der Waals surface area contributed by atoms with Gasteiger partial charge in [0, 0.05) is 0 Å². The standard InChI is InChI=1S/C2H6N6O2/c3-1(4)9-7-8-10-2(5)6/h(H3,3,4)(H3,5,6)/b8-7+. The highest BCUT2D eigenvalue weighted by Crippen LogP contribution is 1.78. The molecule has 0 unspecified atom stereocenters. The SMILES string of the molecule is N=C(N)O/N=N/OC(=N)N. The molecule has 0 rings (SSSR count). The second kappa shape index (κ2) is 4.06. The number of rotatable bonds is 2. The molecule has 0 aliphatic carbocycles. The summed E-state index contributed by atoms with van der Waals surface area (Å²) >= 11 is 0. The Bertz CT molecular complexity index is 145. The van der Waals surface area contributed by atoms with Gasteiger partial charge in [0.2, 0.25) is 0 Å². The molecule has 0 saturated carbocycles. The Labute approximate surface area is 55.7 Å². The van der Waals surface area contributed by atoms with Crippen LogP contribution in [0.5, 0.6) is 0 Å². The highest BCUT2D eigenvalue weighted by atomic mass is 16.7. The van der Waals surface area contributed by atoms with E-state index in [4.69, 9.17) is 10.8 Å². The van der Waals surface area contributed by atoms with E-state index in [-0.39, 0.29) is 0 Å². The number of nitrogens with zero attached hydrogens (tertiary/aromatic N) is 2. The molecule has 0 aromatic heterocycles. The van der Waals surface area contributed by atoms with Crippen molar-refractivity contribution < 1.29 is 9.68 Å². The van der Waals surface area contributed by atoms with Crippen LogP contribution in [0.4, 0.5) is 0 Å². The maximum absolute atomic E-state index is 6.44. The molecular weight excluding hydrogens is 140 g/mol. The van der Waals surface area contributed by atoms with E-state index >= 15 is 0 Å². The number of hydrogen-bond donors (Lipinski definition) is 4. The van der Waals surface area contributed by atoms with Crippen LogP contribution in [0.25, 0.3) is 0 Å². The smallest absolute Gasteiger partial charge is 0.311 e. The van der Waals surface area contributed by atoms with E-state index in [1.165, 1.54) is 0 Å². The van der Waals surface area contributed by atoms with Gasteiger partial charge in [-0.2, -0.15) is 0 Å². The highest BCUT2D eigenvalue weighted by molar-refractivity contribution is 5.67. The van der Waals surface area contributed by atoms with Crippen LogP contribution < -0.4 is 11.5 Å². The Balaban J connectivity index is 3.38. The van der Waals surface area contributed by atoms with Crippen molar-refractivity contribution in [2.75, 3.05) is 0 Å². The Hall–Kier alpha value is -1.86. The minimum absolute atomic E-state index is 0.629. The summed E-state index contributed by atoms with van der Waals surface area (Å²) in [5.41, 5.74) is 9.35. The summed E-state index contributed by atoms with van der Waals surface area (Å²) in [4.78, 5) is 7.87. The highest BCUT2D eigenvalue weighted by Gasteiger charge is 1.85. The van der Waals surface area contributed by atoms with Gasteiger partial charge >= 0.3 is 12.0 Å². The summed E-state index contributed by atoms with van der Waals surface area (Å²) in [6.45, 7) is 0. The minimum atomic E-state index is -0.629. The number of amidine groups is 2. The normalized spacial score (nSPS) is 9.20. The number of nitrogens with two attached hydrogens (primary N) is 2. The van der Waals surface area contributed by atoms with E-state index in [1.54, 1.807) is 0 Å². The second-order valence-electron chi connectivity index (χ2n) is 1.07. The van der Waals surface area contributed by atoms with Crippen molar-refractivity contribution in [3.63, 3.8) is 0 Å². The van der Waals surface area contributed by atoms with Crippen LogP contribution in [0.2, 0.25) is 0 Å². The van der Waals surface area contributed by atoms with Crippen LogP contribution >= 0.6 is 0 Å². The summed E-state index contributed by atoms with van der Waals surface area (Å²) in [6.07, 6.45) is 0. The molecule has 0 atom stereocenters. The van der Waals surface area contributed by atoms with Crippen molar-refractivity contribution in [3.8, 4) is 0 Å².